The van der Waals surface area contributed by atoms with Crippen LogP contribution in [0.15, 0.2) is 36.5 Å². The highest BCUT2D eigenvalue weighted by molar-refractivity contribution is 6.34. The van der Waals surface area contributed by atoms with E-state index in [-0.39, 0.29) is 10.6 Å². The number of carbonyl (C=O) groups is 1. The number of aromatic nitrogens is 1. The number of hydrogen-bond donors (Lipinski definition) is 1. The number of benzene rings is 1. The zero-order valence-corrected chi connectivity index (χ0v) is 13.2. The van der Waals surface area contributed by atoms with Crippen LogP contribution in [0.25, 0.3) is 0 Å². The molecule has 0 saturated carbocycles. The smallest absolute Gasteiger partial charge is 0.261 e. The minimum Gasteiger partial charge on any atom is -0.371 e. The fraction of sp³-hybridized carbons (Fsp3) is 0.250. The molecule has 116 valence electrons. The van der Waals surface area contributed by atoms with Gasteiger partial charge in [-0.25, -0.2) is 9.37 Å². The zero-order chi connectivity index (χ0) is 16.1. The van der Waals surface area contributed by atoms with Gasteiger partial charge in [-0.1, -0.05) is 17.7 Å². The molecule has 0 spiro atoms. The van der Waals surface area contributed by atoms with E-state index in [0.717, 1.165) is 18.8 Å². The van der Waals surface area contributed by atoms with Crippen LogP contribution in [-0.2, 0) is 0 Å². The van der Waals surface area contributed by atoms with Gasteiger partial charge in [0, 0.05) is 13.1 Å². The monoisotopic (exact) mass is 321 g/mol. The third-order valence-electron chi connectivity index (χ3n) is 3.31. The van der Waals surface area contributed by atoms with Crippen molar-refractivity contribution in [1.29, 1.82) is 0 Å². The molecule has 1 heterocycles. The second-order valence-electron chi connectivity index (χ2n) is 4.62. The van der Waals surface area contributed by atoms with Gasteiger partial charge in [0.1, 0.15) is 11.6 Å². The van der Waals surface area contributed by atoms with Crippen molar-refractivity contribution in [2.75, 3.05) is 23.3 Å². The number of rotatable bonds is 5. The lowest BCUT2D eigenvalue weighted by atomic mass is 10.2. The van der Waals surface area contributed by atoms with Gasteiger partial charge in [-0.3, -0.25) is 4.79 Å². The molecule has 0 fully saturated rings. The van der Waals surface area contributed by atoms with E-state index in [1.807, 2.05) is 6.07 Å². The molecule has 0 aliphatic heterocycles. The highest BCUT2D eigenvalue weighted by atomic mass is 35.5. The number of amides is 1. The van der Waals surface area contributed by atoms with Gasteiger partial charge in [0.25, 0.3) is 5.91 Å². The summed E-state index contributed by atoms with van der Waals surface area (Å²) in [5.74, 6) is -0.934. The third kappa shape index (κ3) is 3.54. The molecule has 2 rings (SSSR count). The number of carbonyl (C=O) groups excluding carboxylic acids is 1. The van der Waals surface area contributed by atoms with Crippen molar-refractivity contribution in [2.45, 2.75) is 13.8 Å². The van der Waals surface area contributed by atoms with E-state index in [1.165, 1.54) is 18.2 Å². The molecule has 4 nitrogen and oxygen atoms in total. The second-order valence-corrected chi connectivity index (χ2v) is 5.03. The summed E-state index contributed by atoms with van der Waals surface area (Å²) in [6.45, 7) is 5.85. The summed E-state index contributed by atoms with van der Waals surface area (Å²) < 4.78 is 13.7. The summed E-state index contributed by atoms with van der Waals surface area (Å²) >= 11 is 5.87. The molecule has 0 unspecified atom stereocenters. The van der Waals surface area contributed by atoms with Crippen molar-refractivity contribution in [3.63, 3.8) is 0 Å². The Hall–Kier alpha value is -2.14. The maximum Gasteiger partial charge on any atom is 0.261 e. The SMILES string of the molecule is CCN(CC)c1ccc(NC(=O)c2c(F)cccc2Cl)nc1. The number of anilines is 2. The number of pyridine rings is 1. The fourth-order valence-electron chi connectivity index (χ4n) is 2.13. The van der Waals surface area contributed by atoms with Crippen LogP contribution in [0, 0.1) is 5.82 Å². The summed E-state index contributed by atoms with van der Waals surface area (Å²) in [4.78, 5) is 18.4. The van der Waals surface area contributed by atoms with Gasteiger partial charge < -0.3 is 10.2 Å². The van der Waals surface area contributed by atoms with E-state index in [9.17, 15) is 9.18 Å². The molecule has 0 bridgehead atoms. The number of nitrogens with one attached hydrogen (secondary N) is 1. The van der Waals surface area contributed by atoms with Crippen molar-refractivity contribution in [3.8, 4) is 0 Å². The average Bonchev–Trinajstić information content (AvgIpc) is 2.50. The summed E-state index contributed by atoms with van der Waals surface area (Å²) in [5.41, 5.74) is 0.783. The molecule has 6 heteroatoms. The minimum atomic E-state index is -0.662. The molecule has 1 aromatic heterocycles. The molecule has 0 radical (unpaired) electrons. The first kappa shape index (κ1) is 16.2. The maximum absolute atomic E-state index is 13.7. The highest BCUT2D eigenvalue weighted by Crippen LogP contribution is 2.21. The Morgan fingerprint density at radius 1 is 1.27 bits per heavy atom. The first-order valence-electron chi connectivity index (χ1n) is 7.03. The molecular weight excluding hydrogens is 305 g/mol. The summed E-state index contributed by atoms with van der Waals surface area (Å²) in [6.07, 6.45) is 1.67. The lowest BCUT2D eigenvalue weighted by Gasteiger charge is -2.20. The standard InChI is InChI=1S/C16H17ClFN3O/c1-3-21(4-2)11-8-9-14(19-10-11)20-16(22)15-12(17)6-5-7-13(15)18/h5-10H,3-4H2,1-2H3,(H,19,20,22). The van der Waals surface area contributed by atoms with Crippen LogP contribution in [0.2, 0.25) is 5.02 Å². The lowest BCUT2D eigenvalue weighted by molar-refractivity contribution is 0.102. The first-order chi connectivity index (χ1) is 10.6. The molecule has 0 aliphatic rings. The topological polar surface area (TPSA) is 45.2 Å². The molecule has 1 aromatic carbocycles. The summed E-state index contributed by atoms with van der Waals surface area (Å²) in [6, 6.07) is 7.65. The van der Waals surface area contributed by atoms with Crippen LogP contribution in [0.3, 0.4) is 0 Å². The van der Waals surface area contributed by atoms with Crippen molar-refractivity contribution < 1.29 is 9.18 Å². The van der Waals surface area contributed by atoms with E-state index in [0.29, 0.717) is 5.82 Å². The van der Waals surface area contributed by atoms with Gasteiger partial charge in [-0.15, -0.1) is 0 Å². The van der Waals surface area contributed by atoms with Crippen LogP contribution < -0.4 is 10.2 Å². The Morgan fingerprint density at radius 3 is 2.55 bits per heavy atom. The highest BCUT2D eigenvalue weighted by Gasteiger charge is 2.16. The van der Waals surface area contributed by atoms with E-state index in [1.54, 1.807) is 12.3 Å². The molecular formula is C16H17ClFN3O. The predicted octanol–water partition coefficient (Wildman–Crippen LogP) is 3.97. The van der Waals surface area contributed by atoms with E-state index < -0.39 is 11.7 Å². The Bertz CT molecular complexity index is 637. The van der Waals surface area contributed by atoms with Crippen LogP contribution in [0.4, 0.5) is 15.9 Å². The Morgan fingerprint density at radius 2 is 2.00 bits per heavy atom. The van der Waals surface area contributed by atoms with Crippen LogP contribution in [-0.4, -0.2) is 24.0 Å². The molecule has 2 aromatic rings. The summed E-state index contributed by atoms with van der Waals surface area (Å²) in [5, 5.41) is 2.62. The van der Waals surface area contributed by atoms with Gasteiger partial charge >= 0.3 is 0 Å². The Labute approximate surface area is 133 Å². The lowest BCUT2D eigenvalue weighted by Crippen LogP contribution is -2.22. The quantitative estimate of drug-likeness (QED) is 0.906. The van der Waals surface area contributed by atoms with Gasteiger partial charge in [0.2, 0.25) is 0 Å². The molecule has 22 heavy (non-hydrogen) atoms. The summed E-state index contributed by atoms with van der Waals surface area (Å²) in [7, 11) is 0. The van der Waals surface area contributed by atoms with Crippen molar-refractivity contribution in [3.05, 3.63) is 52.9 Å². The van der Waals surface area contributed by atoms with Gasteiger partial charge in [0.05, 0.1) is 22.5 Å². The van der Waals surface area contributed by atoms with E-state index >= 15 is 0 Å². The fourth-order valence-corrected chi connectivity index (χ4v) is 2.38. The van der Waals surface area contributed by atoms with Crippen LogP contribution >= 0.6 is 11.6 Å². The van der Waals surface area contributed by atoms with Crippen LogP contribution in [0.5, 0.6) is 0 Å². The van der Waals surface area contributed by atoms with Crippen molar-refractivity contribution in [2.24, 2.45) is 0 Å². The Kier molecular flexibility index (Phi) is 5.33. The zero-order valence-electron chi connectivity index (χ0n) is 12.4. The van der Waals surface area contributed by atoms with E-state index in [4.69, 9.17) is 11.6 Å². The molecule has 0 aliphatic carbocycles. The first-order valence-corrected chi connectivity index (χ1v) is 7.41. The number of nitrogens with zero attached hydrogens (tertiary/aromatic N) is 2. The average molecular weight is 322 g/mol. The van der Waals surface area contributed by atoms with E-state index in [2.05, 4.69) is 29.0 Å². The minimum absolute atomic E-state index is 0.0669. The third-order valence-corrected chi connectivity index (χ3v) is 3.62. The number of hydrogen-bond acceptors (Lipinski definition) is 3. The predicted molar refractivity (Wildman–Crippen MR) is 87.2 cm³/mol. The number of halogens is 2. The van der Waals surface area contributed by atoms with Crippen molar-refractivity contribution in [1.82, 2.24) is 4.98 Å². The molecule has 0 atom stereocenters. The van der Waals surface area contributed by atoms with Crippen LogP contribution in [0.1, 0.15) is 24.2 Å². The van der Waals surface area contributed by atoms with Crippen molar-refractivity contribution >= 4 is 29.0 Å². The molecule has 0 saturated heterocycles. The van der Waals surface area contributed by atoms with Gasteiger partial charge in [0.15, 0.2) is 0 Å². The molecule has 1 N–H and O–H groups in total. The normalized spacial score (nSPS) is 10.4. The second kappa shape index (κ2) is 7.22. The molecule has 1 amide bonds. The maximum atomic E-state index is 13.7. The largest absolute Gasteiger partial charge is 0.371 e. The van der Waals surface area contributed by atoms with Gasteiger partial charge in [-0.05, 0) is 38.1 Å². The Balaban J connectivity index is 2.16. The van der Waals surface area contributed by atoms with Gasteiger partial charge in [-0.2, -0.15) is 0 Å².